The van der Waals surface area contributed by atoms with Gasteiger partial charge in [-0.3, -0.25) is 4.79 Å². The molecule has 0 fully saturated rings. The minimum absolute atomic E-state index is 0.0735. The Balaban J connectivity index is 3.11. The standard InChI is InChI=1S/C13H17NO6/c1-7(15)11(13(17)18)14-12(16)10-8(19-2)5-4-6-9(10)20-3/h4-7,11,15H,1-3H3,(H,14,16)(H,17,18)/t7-,11+/m1/s1. The van der Waals surface area contributed by atoms with Crippen LogP contribution in [0.2, 0.25) is 0 Å². The van der Waals surface area contributed by atoms with Crippen LogP contribution in [0, 0.1) is 0 Å². The molecule has 3 N–H and O–H groups in total. The zero-order chi connectivity index (χ0) is 15.3. The van der Waals surface area contributed by atoms with Gasteiger partial charge in [-0.05, 0) is 19.1 Å². The van der Waals surface area contributed by atoms with Crippen LogP contribution in [-0.2, 0) is 4.79 Å². The average Bonchev–Trinajstić information content (AvgIpc) is 2.42. The number of hydrogen-bond donors (Lipinski definition) is 3. The van der Waals surface area contributed by atoms with Crippen molar-refractivity contribution in [1.29, 1.82) is 0 Å². The molecule has 2 atom stereocenters. The van der Waals surface area contributed by atoms with Crippen molar-refractivity contribution in [3.63, 3.8) is 0 Å². The molecule has 7 heteroatoms. The molecule has 0 spiro atoms. The zero-order valence-electron chi connectivity index (χ0n) is 11.4. The lowest BCUT2D eigenvalue weighted by Gasteiger charge is -2.19. The van der Waals surface area contributed by atoms with Crippen molar-refractivity contribution in [2.75, 3.05) is 14.2 Å². The fourth-order valence-electron chi connectivity index (χ4n) is 1.68. The first-order chi connectivity index (χ1) is 9.42. The summed E-state index contributed by atoms with van der Waals surface area (Å²) in [6.07, 6.45) is -1.24. The highest BCUT2D eigenvalue weighted by atomic mass is 16.5. The van der Waals surface area contributed by atoms with E-state index in [-0.39, 0.29) is 17.1 Å². The summed E-state index contributed by atoms with van der Waals surface area (Å²) in [6.45, 7) is 1.28. The minimum Gasteiger partial charge on any atom is -0.496 e. The number of rotatable bonds is 6. The predicted molar refractivity (Wildman–Crippen MR) is 70.1 cm³/mol. The van der Waals surface area contributed by atoms with Gasteiger partial charge in [0.05, 0.1) is 20.3 Å². The van der Waals surface area contributed by atoms with Gasteiger partial charge in [-0.2, -0.15) is 0 Å². The number of carboxylic acids is 1. The SMILES string of the molecule is COc1cccc(OC)c1C(=O)N[C@H](C(=O)O)[C@@H](C)O. The van der Waals surface area contributed by atoms with E-state index in [1.54, 1.807) is 18.2 Å². The number of aliphatic hydroxyl groups excluding tert-OH is 1. The van der Waals surface area contributed by atoms with E-state index in [0.29, 0.717) is 0 Å². The molecule has 0 aliphatic heterocycles. The van der Waals surface area contributed by atoms with Gasteiger partial charge in [-0.15, -0.1) is 0 Å². The van der Waals surface area contributed by atoms with Crippen LogP contribution in [0.15, 0.2) is 18.2 Å². The molecule has 1 amide bonds. The number of carboxylic acid groups (broad SMARTS) is 1. The van der Waals surface area contributed by atoms with Gasteiger partial charge < -0.3 is 25.0 Å². The second kappa shape index (κ2) is 6.76. The van der Waals surface area contributed by atoms with Gasteiger partial charge >= 0.3 is 5.97 Å². The summed E-state index contributed by atoms with van der Waals surface area (Å²) in [5.41, 5.74) is 0.0735. The first-order valence-electron chi connectivity index (χ1n) is 5.85. The van der Waals surface area contributed by atoms with Crippen LogP contribution in [0.5, 0.6) is 11.5 Å². The Kier molecular flexibility index (Phi) is 5.33. The van der Waals surface area contributed by atoms with Gasteiger partial charge in [0.2, 0.25) is 0 Å². The average molecular weight is 283 g/mol. The maximum Gasteiger partial charge on any atom is 0.328 e. The molecule has 1 aromatic rings. The number of amides is 1. The Labute approximate surface area is 116 Å². The largest absolute Gasteiger partial charge is 0.496 e. The van der Waals surface area contributed by atoms with Crippen molar-refractivity contribution in [2.24, 2.45) is 0 Å². The number of hydrogen-bond acceptors (Lipinski definition) is 5. The van der Waals surface area contributed by atoms with Crippen molar-refractivity contribution in [2.45, 2.75) is 19.1 Å². The third-order valence-electron chi connectivity index (χ3n) is 2.69. The summed E-state index contributed by atoms with van der Waals surface area (Å²) in [7, 11) is 2.77. The topological polar surface area (TPSA) is 105 Å². The van der Waals surface area contributed by atoms with Crippen molar-refractivity contribution in [1.82, 2.24) is 5.32 Å². The van der Waals surface area contributed by atoms with E-state index in [1.165, 1.54) is 21.1 Å². The smallest absolute Gasteiger partial charge is 0.328 e. The van der Waals surface area contributed by atoms with Gasteiger partial charge in [-0.1, -0.05) is 6.07 Å². The van der Waals surface area contributed by atoms with E-state index < -0.39 is 24.0 Å². The second-order valence-electron chi connectivity index (χ2n) is 4.07. The molecule has 20 heavy (non-hydrogen) atoms. The third kappa shape index (κ3) is 3.39. The molecule has 0 radical (unpaired) electrons. The lowest BCUT2D eigenvalue weighted by atomic mass is 10.1. The third-order valence-corrected chi connectivity index (χ3v) is 2.69. The molecule has 1 rings (SSSR count). The highest BCUT2D eigenvalue weighted by Crippen LogP contribution is 2.28. The van der Waals surface area contributed by atoms with E-state index in [4.69, 9.17) is 14.6 Å². The number of methoxy groups -OCH3 is 2. The Morgan fingerprint density at radius 3 is 2.05 bits per heavy atom. The maximum absolute atomic E-state index is 12.2. The Bertz CT molecular complexity index is 477. The quantitative estimate of drug-likeness (QED) is 0.692. The predicted octanol–water partition coefficient (Wildman–Crippen LogP) is 0.268. The Morgan fingerprint density at radius 1 is 1.20 bits per heavy atom. The van der Waals surface area contributed by atoms with Gasteiger partial charge in [0.25, 0.3) is 5.91 Å². The summed E-state index contributed by atoms with van der Waals surface area (Å²) in [6, 6.07) is 3.32. The maximum atomic E-state index is 12.2. The van der Waals surface area contributed by atoms with E-state index in [2.05, 4.69) is 5.32 Å². The fourth-order valence-corrected chi connectivity index (χ4v) is 1.68. The summed E-state index contributed by atoms with van der Waals surface area (Å²) in [5.74, 6) is -1.54. The molecule has 0 aliphatic carbocycles. The molecule has 7 nitrogen and oxygen atoms in total. The molecule has 0 aliphatic rings. The summed E-state index contributed by atoms with van der Waals surface area (Å²) >= 11 is 0. The first-order valence-corrected chi connectivity index (χ1v) is 5.85. The monoisotopic (exact) mass is 283 g/mol. The van der Waals surface area contributed by atoms with Crippen LogP contribution in [0.4, 0.5) is 0 Å². The highest BCUT2D eigenvalue weighted by Gasteiger charge is 2.28. The molecule has 1 aromatic carbocycles. The summed E-state index contributed by atoms with van der Waals surface area (Å²) in [4.78, 5) is 23.2. The fraction of sp³-hybridized carbons (Fsp3) is 0.385. The Morgan fingerprint density at radius 2 is 1.70 bits per heavy atom. The van der Waals surface area contributed by atoms with Crippen molar-refractivity contribution < 1.29 is 29.3 Å². The van der Waals surface area contributed by atoms with E-state index in [9.17, 15) is 14.7 Å². The van der Waals surface area contributed by atoms with Crippen molar-refractivity contribution in [3.05, 3.63) is 23.8 Å². The Hall–Kier alpha value is -2.28. The van der Waals surface area contributed by atoms with Crippen LogP contribution in [0.25, 0.3) is 0 Å². The molecular weight excluding hydrogens is 266 g/mol. The van der Waals surface area contributed by atoms with Gasteiger partial charge in [0.15, 0.2) is 6.04 Å². The molecule has 110 valence electrons. The van der Waals surface area contributed by atoms with Crippen molar-refractivity contribution in [3.8, 4) is 11.5 Å². The molecule has 0 bridgehead atoms. The number of benzene rings is 1. The molecular formula is C13H17NO6. The van der Waals surface area contributed by atoms with Crippen LogP contribution in [0.1, 0.15) is 17.3 Å². The molecule has 0 saturated carbocycles. The number of ether oxygens (including phenoxy) is 2. The normalized spacial score (nSPS) is 13.2. The number of nitrogens with one attached hydrogen (secondary N) is 1. The number of aliphatic hydroxyl groups is 1. The highest BCUT2D eigenvalue weighted by molar-refractivity contribution is 6.01. The summed E-state index contributed by atoms with van der Waals surface area (Å²) in [5, 5.41) is 20.6. The van der Waals surface area contributed by atoms with E-state index >= 15 is 0 Å². The lowest BCUT2D eigenvalue weighted by Crippen LogP contribution is -2.47. The molecule has 0 heterocycles. The van der Waals surface area contributed by atoms with Gasteiger partial charge in [0, 0.05) is 0 Å². The van der Waals surface area contributed by atoms with E-state index in [1.807, 2.05) is 0 Å². The zero-order valence-corrected chi connectivity index (χ0v) is 11.4. The second-order valence-corrected chi connectivity index (χ2v) is 4.07. The molecule has 0 aromatic heterocycles. The van der Waals surface area contributed by atoms with Gasteiger partial charge in [0.1, 0.15) is 17.1 Å². The number of aliphatic carboxylic acids is 1. The van der Waals surface area contributed by atoms with Crippen LogP contribution in [0.3, 0.4) is 0 Å². The first kappa shape index (κ1) is 15.8. The summed E-state index contributed by atoms with van der Waals surface area (Å²) < 4.78 is 10.1. The van der Waals surface area contributed by atoms with E-state index in [0.717, 1.165) is 0 Å². The lowest BCUT2D eigenvalue weighted by molar-refractivity contribution is -0.141. The van der Waals surface area contributed by atoms with Gasteiger partial charge in [-0.25, -0.2) is 4.79 Å². The number of carbonyl (C=O) groups excluding carboxylic acids is 1. The molecule has 0 unspecified atom stereocenters. The minimum atomic E-state index is -1.42. The van der Waals surface area contributed by atoms with Crippen molar-refractivity contribution >= 4 is 11.9 Å². The van der Waals surface area contributed by atoms with Crippen LogP contribution >= 0.6 is 0 Å². The van der Waals surface area contributed by atoms with Crippen LogP contribution < -0.4 is 14.8 Å². The van der Waals surface area contributed by atoms with Crippen LogP contribution in [-0.4, -0.2) is 48.5 Å². The molecule has 0 saturated heterocycles. The number of carbonyl (C=O) groups is 2.